The van der Waals surface area contributed by atoms with Crippen LogP contribution in [0.3, 0.4) is 0 Å². The second-order valence-corrected chi connectivity index (χ2v) is 0. The van der Waals surface area contributed by atoms with E-state index in [9.17, 15) is 0 Å². The Morgan fingerprint density at radius 1 is 0.115 bits per heavy atom. The first-order valence-electron chi connectivity index (χ1n) is 0. The molecule has 0 aliphatic carbocycles. The summed E-state index contributed by atoms with van der Waals surface area (Å²) < 4.78 is 0. The average molecular weight is 1270 g/mol. The zero-order chi connectivity index (χ0) is 0. The van der Waals surface area contributed by atoms with Crippen molar-refractivity contribution in [2.24, 2.45) is 0 Å². The third-order valence-corrected chi connectivity index (χ3v) is 0. The molecule has 0 fully saturated rings. The first-order chi connectivity index (χ1) is 0. The van der Waals surface area contributed by atoms with Crippen LogP contribution in [0.4, 0.5) is 0 Å². The van der Waals surface area contributed by atoms with Crippen molar-refractivity contribution in [2.45, 2.75) is 0 Å². The maximum atomic E-state index is 0. The van der Waals surface area contributed by atoms with Crippen LogP contribution < -0.4 is 0 Å². The van der Waals surface area contributed by atoms with Gasteiger partial charge in [0.1, 0.15) is 0 Å². The molecule has 0 spiro atoms. The van der Waals surface area contributed by atoms with Crippen LogP contribution in [0.25, 0.3) is 0 Å². The molecular weight excluding hydrogens is 1230 g/mol. The van der Waals surface area contributed by atoms with Crippen molar-refractivity contribution in [1.82, 2.24) is 0 Å². The molecule has 0 bridgehead atoms. The van der Waals surface area contributed by atoms with E-state index in [0.29, 0.717) is 0 Å². The fourth-order valence-electron chi connectivity index (χ4n) is 0. The van der Waals surface area contributed by atoms with E-state index in [0.717, 1.165) is 0 Å². The smallest absolute Gasteiger partial charge is 0 e. The molecule has 0 rings (SSSR count). The topological polar surface area (TPSA) is 663 Å². The second kappa shape index (κ2) is 1750. The third kappa shape index (κ3) is 1570. The Bertz CT molecular complexity index is 18.4. The molecule has 0 aromatic heterocycles. The van der Waals surface area contributed by atoms with E-state index in [1.54, 1.807) is 0 Å². The van der Waals surface area contributed by atoms with E-state index in [1.165, 1.54) is 0 Å². The molecule has 0 aliphatic rings. The van der Waals surface area contributed by atoms with E-state index in [1.807, 2.05) is 0 Å². The Morgan fingerprint density at radius 3 is 0.115 bits per heavy atom. The van der Waals surface area contributed by atoms with Crippen molar-refractivity contribution >= 4 is 0 Å². The summed E-state index contributed by atoms with van der Waals surface area (Å²) in [6, 6.07) is 0. The van der Waals surface area contributed by atoms with E-state index >= 15 is 0 Å². The summed E-state index contributed by atoms with van der Waals surface area (Å²) in [5.41, 5.74) is 0. The molecule has 0 aromatic carbocycles. The van der Waals surface area contributed by atoms with Gasteiger partial charge < -0.3 is 115 Å². The van der Waals surface area contributed by atoms with Gasteiger partial charge >= 0.3 is 0 Å². The molecule has 0 radical (unpaired) electrons. The molecule has 21 nitrogen and oxygen atoms in total. The molecule has 0 heterocycles. The van der Waals surface area contributed by atoms with Crippen molar-refractivity contribution in [2.75, 3.05) is 0 Å². The van der Waals surface area contributed by atoms with Crippen LogP contribution in [0.2, 0.25) is 0 Å². The van der Waals surface area contributed by atoms with E-state index in [2.05, 4.69) is 0 Å². The molecule has 0 amide bonds. The van der Waals surface area contributed by atoms with Gasteiger partial charge in [-0.3, -0.25) is 0 Å². The molecule has 0 aromatic rings. The van der Waals surface area contributed by atoms with Gasteiger partial charge in [0.15, 0.2) is 0 Å². The van der Waals surface area contributed by atoms with Gasteiger partial charge in [-0.25, -0.2) is 0 Å². The molecular formula is H43Hf5O21+. The predicted molar refractivity (Wildman–Crippen MR) is 77.1 cm³/mol. The molecule has 26 heteroatoms. The minimum atomic E-state index is 0. The zero-order valence-electron chi connectivity index (χ0n) is 13.1. The van der Waals surface area contributed by atoms with Crippen molar-refractivity contribution in [3.63, 3.8) is 0 Å². The van der Waals surface area contributed by atoms with Crippen LogP contribution in [0, 0.1) is 0 Å². The normalized spacial score (nSPS) is 0. The Labute approximate surface area is 241 Å². The van der Waals surface area contributed by atoms with Crippen LogP contribution in [-0.4, -0.2) is 110 Å². The SMILES string of the molecule is O.O.O.O.O.O.O.O.O.O.O.O.O.O.O.O.O.O.O.O.[Hf].[Hf].[Hf].[Hf].[Hf].[OH3+]. The summed E-state index contributed by atoms with van der Waals surface area (Å²) in [4.78, 5) is 0. The Balaban J connectivity index is 0. The van der Waals surface area contributed by atoms with Gasteiger partial charge in [0.2, 0.25) is 0 Å². The first-order valence-corrected chi connectivity index (χ1v) is 0. The summed E-state index contributed by atoms with van der Waals surface area (Å²) in [6.45, 7) is 0. The largest absolute Gasteiger partial charge is 0.457 e. The Kier molecular flexibility index (Phi) is 131000. The molecule has 0 saturated carbocycles. The Hall–Kier alpha value is 3.51. The summed E-state index contributed by atoms with van der Waals surface area (Å²) in [5.74, 6) is 0. The van der Waals surface area contributed by atoms with E-state index in [4.69, 9.17) is 0 Å². The molecule has 0 atom stereocenters. The molecule has 0 aliphatic heterocycles. The number of hydrogen-bond donors (Lipinski definition) is 0. The standard InChI is InChI=1S/5Hf.21H2O/h;;;;;21*1H2/p+1. The second-order valence-electron chi connectivity index (χ2n) is 0. The van der Waals surface area contributed by atoms with Gasteiger partial charge in [-0.2, -0.15) is 0 Å². The van der Waals surface area contributed by atoms with Crippen LogP contribution in [-0.2, 0) is 135 Å². The summed E-state index contributed by atoms with van der Waals surface area (Å²) in [7, 11) is 0. The van der Waals surface area contributed by atoms with Crippen molar-refractivity contribution in [3.05, 3.63) is 0 Å². The van der Waals surface area contributed by atoms with Crippen molar-refractivity contribution in [3.8, 4) is 0 Å². The molecule has 0 saturated heterocycles. The fourth-order valence-corrected chi connectivity index (χ4v) is 0. The molecule has 188 valence electrons. The summed E-state index contributed by atoms with van der Waals surface area (Å²) in [6.07, 6.45) is 0. The Morgan fingerprint density at radius 2 is 0.115 bits per heavy atom. The van der Waals surface area contributed by atoms with Gasteiger partial charge in [-0.15, -0.1) is 0 Å². The van der Waals surface area contributed by atoms with E-state index in [-0.39, 0.29) is 244 Å². The zero-order valence-corrected chi connectivity index (χ0v) is 31.0. The maximum absolute atomic E-state index is 0. The maximum Gasteiger partial charge on any atom is 0 e. The van der Waals surface area contributed by atoms with E-state index < -0.39 is 0 Å². The fraction of sp³-hybridized carbons (Fsp3) is 0. The summed E-state index contributed by atoms with van der Waals surface area (Å²) >= 11 is 0. The molecule has 0 unspecified atom stereocenters. The quantitative estimate of drug-likeness (QED) is 0.161. The van der Waals surface area contributed by atoms with Crippen LogP contribution >= 0.6 is 0 Å². The van der Waals surface area contributed by atoms with Gasteiger partial charge in [0.25, 0.3) is 0 Å². The van der Waals surface area contributed by atoms with Crippen molar-refractivity contribution < 1.29 is 244 Å². The average Bonchev–Trinajstić information content (AvgIpc) is 0. The van der Waals surface area contributed by atoms with Gasteiger partial charge in [-0.05, 0) is 0 Å². The third-order valence-electron chi connectivity index (χ3n) is 0. The summed E-state index contributed by atoms with van der Waals surface area (Å²) in [5, 5.41) is 0. The predicted octanol–water partition coefficient (Wildman–Crippen LogP) is -17.4. The first kappa shape index (κ1) is 1950. The molecule has 26 heavy (non-hydrogen) atoms. The van der Waals surface area contributed by atoms with Gasteiger partial charge in [0, 0.05) is 129 Å². The van der Waals surface area contributed by atoms with Crippen LogP contribution in [0.1, 0.15) is 0 Å². The van der Waals surface area contributed by atoms with Crippen LogP contribution in [0.5, 0.6) is 0 Å². The number of hydrogen-bond acceptors (Lipinski definition) is 0. The van der Waals surface area contributed by atoms with Gasteiger partial charge in [-0.1, -0.05) is 0 Å². The monoisotopic (exact) mass is 1280 g/mol. The number of rotatable bonds is 0. The van der Waals surface area contributed by atoms with Crippen LogP contribution in [0.15, 0.2) is 0 Å². The minimum Gasteiger partial charge on any atom is -0.457 e. The van der Waals surface area contributed by atoms with Crippen molar-refractivity contribution in [1.29, 1.82) is 0 Å². The van der Waals surface area contributed by atoms with Gasteiger partial charge in [0.05, 0.1) is 0 Å². The minimum absolute atomic E-state index is 0. The molecule has 43 N–H and O–H groups in total.